The summed E-state index contributed by atoms with van der Waals surface area (Å²) in [6, 6.07) is 5.06. The highest BCUT2D eigenvalue weighted by Gasteiger charge is 2.23. The van der Waals surface area contributed by atoms with Gasteiger partial charge in [-0.05, 0) is 56.8 Å². The highest BCUT2D eigenvalue weighted by Crippen LogP contribution is 2.33. The molecule has 1 heterocycles. The number of hydrogen-bond donors (Lipinski definition) is 1. The molecule has 2 nitrogen and oxygen atoms in total. The summed E-state index contributed by atoms with van der Waals surface area (Å²) < 4.78 is 0. The number of nitrogens with one attached hydrogen (secondary N) is 1. The largest absolute Gasteiger partial charge is 0.310 e. The lowest BCUT2D eigenvalue weighted by Gasteiger charge is -2.28. The van der Waals surface area contributed by atoms with Gasteiger partial charge in [-0.15, -0.1) is 0 Å². The minimum atomic E-state index is 0.517. The molecular formula is C17H28N2. The van der Waals surface area contributed by atoms with Gasteiger partial charge in [-0.25, -0.2) is 0 Å². The summed E-state index contributed by atoms with van der Waals surface area (Å²) in [7, 11) is 0. The molecule has 0 radical (unpaired) electrons. The average molecular weight is 260 g/mol. The van der Waals surface area contributed by atoms with Crippen LogP contribution in [0.3, 0.4) is 0 Å². The molecule has 0 spiro atoms. The highest BCUT2D eigenvalue weighted by atomic mass is 14.9. The maximum absolute atomic E-state index is 4.51. The van der Waals surface area contributed by atoms with Gasteiger partial charge < -0.3 is 5.32 Å². The lowest BCUT2D eigenvalue weighted by Crippen LogP contribution is -2.28. The molecule has 2 heteroatoms. The number of aromatic nitrogens is 1. The number of nitrogens with zero attached hydrogens (tertiary/aromatic N) is 1. The molecule has 1 aromatic rings. The van der Waals surface area contributed by atoms with Gasteiger partial charge in [-0.3, -0.25) is 4.98 Å². The van der Waals surface area contributed by atoms with Gasteiger partial charge in [0.15, 0.2) is 0 Å². The van der Waals surface area contributed by atoms with E-state index in [1.54, 1.807) is 0 Å². The second-order valence-electron chi connectivity index (χ2n) is 5.97. The van der Waals surface area contributed by atoms with Crippen molar-refractivity contribution in [3.05, 3.63) is 29.1 Å². The summed E-state index contributed by atoms with van der Waals surface area (Å²) in [5.41, 5.74) is 3.73. The zero-order valence-electron chi connectivity index (χ0n) is 12.7. The van der Waals surface area contributed by atoms with Crippen LogP contribution < -0.4 is 5.32 Å². The Kier molecular flexibility index (Phi) is 5.38. The van der Waals surface area contributed by atoms with Crippen LogP contribution >= 0.6 is 0 Å². The van der Waals surface area contributed by atoms with Crippen molar-refractivity contribution >= 4 is 0 Å². The third kappa shape index (κ3) is 4.04. The number of rotatable bonds is 4. The Bertz CT molecular complexity index is 372. The molecular weight excluding hydrogens is 232 g/mol. The zero-order chi connectivity index (χ0) is 13.7. The molecule has 1 aliphatic carbocycles. The molecule has 1 aromatic heterocycles. The van der Waals surface area contributed by atoms with Gasteiger partial charge >= 0.3 is 0 Å². The molecule has 19 heavy (non-hydrogen) atoms. The fraction of sp³-hybridized carbons (Fsp3) is 0.706. The van der Waals surface area contributed by atoms with E-state index in [1.807, 2.05) is 0 Å². The smallest absolute Gasteiger partial charge is 0.0379 e. The Morgan fingerprint density at radius 2 is 1.68 bits per heavy atom. The second-order valence-corrected chi connectivity index (χ2v) is 5.97. The fourth-order valence-electron chi connectivity index (χ4n) is 3.47. The maximum Gasteiger partial charge on any atom is 0.0379 e. The maximum atomic E-state index is 4.51. The molecule has 0 saturated heterocycles. The lowest BCUT2D eigenvalue weighted by molar-refractivity contribution is 0.329. The molecule has 106 valence electrons. The van der Waals surface area contributed by atoms with Crippen molar-refractivity contribution < 1.29 is 0 Å². The third-order valence-electron chi connectivity index (χ3n) is 4.26. The van der Waals surface area contributed by atoms with Crippen molar-refractivity contribution in [2.75, 3.05) is 6.54 Å². The van der Waals surface area contributed by atoms with E-state index in [0.717, 1.165) is 23.9 Å². The summed E-state index contributed by atoms with van der Waals surface area (Å²) in [5, 5.41) is 3.72. The molecule has 2 rings (SSSR count). The predicted octanol–water partition coefficient (Wildman–Crippen LogP) is 4.32. The van der Waals surface area contributed by atoms with Crippen LogP contribution in [0.5, 0.6) is 0 Å². The number of hydrogen-bond acceptors (Lipinski definition) is 2. The lowest BCUT2D eigenvalue weighted by atomic mass is 9.87. The summed E-state index contributed by atoms with van der Waals surface area (Å²) in [6.07, 6.45) is 8.38. The molecule has 1 N–H and O–H groups in total. The Hall–Kier alpha value is -0.890. The Balaban J connectivity index is 2.22. The van der Waals surface area contributed by atoms with Crippen molar-refractivity contribution in [3.8, 4) is 0 Å². The van der Waals surface area contributed by atoms with Crippen molar-refractivity contribution in [1.29, 1.82) is 0 Å². The van der Waals surface area contributed by atoms with E-state index in [9.17, 15) is 0 Å². The van der Waals surface area contributed by atoms with Crippen LogP contribution in [0.15, 0.2) is 12.1 Å². The minimum absolute atomic E-state index is 0.517. The SMILES string of the molecule is CCNC(c1cc(C)nc(C)c1)C1CCCCCC1. The quantitative estimate of drug-likeness (QED) is 0.816. The summed E-state index contributed by atoms with van der Waals surface area (Å²) in [5.74, 6) is 0.795. The Morgan fingerprint density at radius 3 is 2.21 bits per heavy atom. The highest BCUT2D eigenvalue weighted by molar-refractivity contribution is 5.24. The van der Waals surface area contributed by atoms with Crippen LogP contribution in [0.2, 0.25) is 0 Å². The molecule has 1 aliphatic rings. The van der Waals surface area contributed by atoms with Crippen molar-refractivity contribution in [2.45, 2.75) is 65.3 Å². The van der Waals surface area contributed by atoms with Crippen LogP contribution in [0.1, 0.15) is 68.4 Å². The van der Waals surface area contributed by atoms with E-state index in [4.69, 9.17) is 0 Å². The fourth-order valence-corrected chi connectivity index (χ4v) is 3.47. The van der Waals surface area contributed by atoms with Gasteiger partial charge in [0.25, 0.3) is 0 Å². The first-order valence-electron chi connectivity index (χ1n) is 7.89. The van der Waals surface area contributed by atoms with Crippen LogP contribution in [0.25, 0.3) is 0 Å². The van der Waals surface area contributed by atoms with Crippen LogP contribution in [-0.4, -0.2) is 11.5 Å². The van der Waals surface area contributed by atoms with E-state index in [1.165, 1.54) is 44.1 Å². The van der Waals surface area contributed by atoms with Gasteiger partial charge in [0.05, 0.1) is 0 Å². The molecule has 1 atom stereocenters. The molecule has 1 unspecified atom stereocenters. The molecule has 1 fully saturated rings. The van der Waals surface area contributed by atoms with Gasteiger partial charge in [0.2, 0.25) is 0 Å². The van der Waals surface area contributed by atoms with Crippen LogP contribution in [-0.2, 0) is 0 Å². The van der Waals surface area contributed by atoms with Crippen molar-refractivity contribution in [2.24, 2.45) is 5.92 Å². The van der Waals surface area contributed by atoms with E-state index >= 15 is 0 Å². The van der Waals surface area contributed by atoms with Gasteiger partial charge in [0, 0.05) is 17.4 Å². The van der Waals surface area contributed by atoms with Crippen molar-refractivity contribution in [3.63, 3.8) is 0 Å². The third-order valence-corrected chi connectivity index (χ3v) is 4.26. The molecule has 0 aromatic carbocycles. The van der Waals surface area contributed by atoms with E-state index in [-0.39, 0.29) is 0 Å². The monoisotopic (exact) mass is 260 g/mol. The number of aryl methyl sites for hydroxylation is 2. The first-order chi connectivity index (χ1) is 9.20. The topological polar surface area (TPSA) is 24.9 Å². The zero-order valence-corrected chi connectivity index (χ0v) is 12.7. The first-order valence-corrected chi connectivity index (χ1v) is 7.89. The summed E-state index contributed by atoms with van der Waals surface area (Å²) >= 11 is 0. The molecule has 1 saturated carbocycles. The molecule has 0 amide bonds. The van der Waals surface area contributed by atoms with E-state index in [2.05, 4.69) is 43.2 Å². The van der Waals surface area contributed by atoms with E-state index in [0.29, 0.717) is 6.04 Å². The summed E-state index contributed by atoms with van der Waals surface area (Å²) in [6.45, 7) is 7.46. The standard InChI is InChI=1S/C17H28N2/c1-4-18-17(15-9-7-5-6-8-10-15)16-11-13(2)19-14(3)12-16/h11-12,15,17-18H,4-10H2,1-3H3. The average Bonchev–Trinajstić information content (AvgIpc) is 2.63. The minimum Gasteiger partial charge on any atom is -0.310 e. The second kappa shape index (κ2) is 7.04. The van der Waals surface area contributed by atoms with Gasteiger partial charge in [-0.2, -0.15) is 0 Å². The first kappa shape index (κ1) is 14.5. The van der Waals surface area contributed by atoms with E-state index < -0.39 is 0 Å². The summed E-state index contributed by atoms with van der Waals surface area (Å²) in [4.78, 5) is 4.51. The van der Waals surface area contributed by atoms with Crippen LogP contribution in [0, 0.1) is 19.8 Å². The molecule has 0 bridgehead atoms. The van der Waals surface area contributed by atoms with Gasteiger partial charge in [-0.1, -0.05) is 32.6 Å². The predicted molar refractivity (Wildman–Crippen MR) is 81.3 cm³/mol. The normalized spacial score (nSPS) is 19.1. The Morgan fingerprint density at radius 1 is 1.11 bits per heavy atom. The van der Waals surface area contributed by atoms with Gasteiger partial charge in [0.1, 0.15) is 0 Å². The van der Waals surface area contributed by atoms with Crippen LogP contribution in [0.4, 0.5) is 0 Å². The Labute approximate surface area is 118 Å². The molecule has 0 aliphatic heterocycles. The van der Waals surface area contributed by atoms with Crippen molar-refractivity contribution in [1.82, 2.24) is 10.3 Å². The number of pyridine rings is 1.